The van der Waals surface area contributed by atoms with Crippen LogP contribution in [0.15, 0.2) is 24.3 Å². The van der Waals surface area contributed by atoms with Crippen LogP contribution in [-0.4, -0.2) is 37.2 Å². The van der Waals surface area contributed by atoms with E-state index in [1.54, 1.807) is 0 Å². The SMILES string of the molecule is CCCCCCC/C=C\C/C=C\CCCCCCCCCCCCCCCC(=O)OCC(COC(=O)CCCCCCCCCCCCC)OC(=O)CCCCCCCCCCCCCCCCCCCCCCCCCCC. The maximum absolute atomic E-state index is 12.9. The number of ether oxygens (including phenoxy) is 3. The molecule has 0 aromatic rings. The molecule has 0 saturated carbocycles. The Labute approximate surface area is 493 Å². The normalized spacial score (nSPS) is 12.1. The van der Waals surface area contributed by atoms with Gasteiger partial charge in [0, 0.05) is 19.3 Å². The van der Waals surface area contributed by atoms with E-state index in [4.69, 9.17) is 14.2 Å². The van der Waals surface area contributed by atoms with Crippen molar-refractivity contribution in [2.75, 3.05) is 13.2 Å². The molecule has 0 aromatic heterocycles. The van der Waals surface area contributed by atoms with E-state index in [-0.39, 0.29) is 31.1 Å². The molecule has 0 rings (SSSR count). The van der Waals surface area contributed by atoms with Gasteiger partial charge in [0.15, 0.2) is 6.10 Å². The van der Waals surface area contributed by atoms with Crippen molar-refractivity contribution in [3.05, 3.63) is 24.3 Å². The smallest absolute Gasteiger partial charge is 0.306 e. The van der Waals surface area contributed by atoms with E-state index in [0.717, 1.165) is 64.2 Å². The lowest BCUT2D eigenvalue weighted by Gasteiger charge is -2.18. The lowest BCUT2D eigenvalue weighted by atomic mass is 10.0. The Bertz CT molecular complexity index is 1270. The molecule has 0 amide bonds. The summed E-state index contributed by atoms with van der Waals surface area (Å²) in [5.41, 5.74) is 0. The average Bonchev–Trinajstić information content (AvgIpc) is 3.45. The van der Waals surface area contributed by atoms with Gasteiger partial charge in [-0.25, -0.2) is 0 Å². The molecule has 79 heavy (non-hydrogen) atoms. The first-order chi connectivity index (χ1) is 39.0. The molecule has 0 aromatic carbocycles. The van der Waals surface area contributed by atoms with Crippen molar-refractivity contribution in [1.29, 1.82) is 0 Å². The second kappa shape index (κ2) is 68.4. The van der Waals surface area contributed by atoms with Crippen molar-refractivity contribution in [2.24, 2.45) is 0 Å². The van der Waals surface area contributed by atoms with Gasteiger partial charge in [-0.2, -0.15) is 0 Å². The van der Waals surface area contributed by atoms with Crippen LogP contribution in [0, 0.1) is 0 Å². The number of hydrogen-bond donors (Lipinski definition) is 0. The summed E-state index contributed by atoms with van der Waals surface area (Å²) in [7, 11) is 0. The van der Waals surface area contributed by atoms with Crippen molar-refractivity contribution < 1.29 is 28.6 Å². The van der Waals surface area contributed by atoms with Crippen LogP contribution in [0.25, 0.3) is 0 Å². The van der Waals surface area contributed by atoms with Crippen molar-refractivity contribution in [2.45, 2.75) is 412 Å². The topological polar surface area (TPSA) is 78.9 Å². The molecule has 6 nitrogen and oxygen atoms in total. The summed E-state index contributed by atoms with van der Waals surface area (Å²) in [6.07, 6.45) is 83.6. The molecule has 0 fully saturated rings. The molecule has 0 N–H and O–H groups in total. The molecule has 1 atom stereocenters. The molecule has 0 aliphatic heterocycles. The fraction of sp³-hybridized carbons (Fsp3) is 0.904. The van der Waals surface area contributed by atoms with Gasteiger partial charge in [0.1, 0.15) is 13.2 Å². The van der Waals surface area contributed by atoms with Gasteiger partial charge in [0.25, 0.3) is 0 Å². The minimum absolute atomic E-state index is 0.0645. The zero-order valence-corrected chi connectivity index (χ0v) is 53.7. The van der Waals surface area contributed by atoms with Crippen molar-refractivity contribution >= 4 is 17.9 Å². The van der Waals surface area contributed by atoms with Gasteiger partial charge in [0.2, 0.25) is 0 Å². The average molecular weight is 1110 g/mol. The molecule has 1 unspecified atom stereocenters. The minimum Gasteiger partial charge on any atom is -0.462 e. The number of carbonyl (C=O) groups excluding carboxylic acids is 3. The van der Waals surface area contributed by atoms with Crippen LogP contribution in [0.1, 0.15) is 406 Å². The van der Waals surface area contributed by atoms with Crippen molar-refractivity contribution in [3.63, 3.8) is 0 Å². The van der Waals surface area contributed by atoms with Crippen LogP contribution in [0.5, 0.6) is 0 Å². The van der Waals surface area contributed by atoms with Crippen LogP contribution in [-0.2, 0) is 28.6 Å². The summed E-state index contributed by atoms with van der Waals surface area (Å²) < 4.78 is 17.0. The Hall–Kier alpha value is -2.11. The maximum atomic E-state index is 12.9. The summed E-state index contributed by atoms with van der Waals surface area (Å²) in [6, 6.07) is 0. The highest BCUT2D eigenvalue weighted by Crippen LogP contribution is 2.19. The Morgan fingerprint density at radius 3 is 0.696 bits per heavy atom. The molecular formula is C73H138O6. The zero-order chi connectivity index (χ0) is 57.1. The summed E-state index contributed by atoms with van der Waals surface area (Å²) in [4.78, 5) is 38.4. The van der Waals surface area contributed by atoms with E-state index in [1.807, 2.05) is 0 Å². The number of carbonyl (C=O) groups is 3. The molecule has 0 aliphatic rings. The van der Waals surface area contributed by atoms with Crippen molar-refractivity contribution in [3.8, 4) is 0 Å². The molecule has 0 saturated heterocycles. The van der Waals surface area contributed by atoms with E-state index in [9.17, 15) is 14.4 Å². The van der Waals surface area contributed by atoms with Crippen LogP contribution in [0.3, 0.4) is 0 Å². The monoisotopic (exact) mass is 1110 g/mol. The zero-order valence-electron chi connectivity index (χ0n) is 53.7. The summed E-state index contributed by atoms with van der Waals surface area (Å²) in [5, 5.41) is 0. The Kier molecular flexibility index (Phi) is 66.6. The van der Waals surface area contributed by atoms with E-state index in [2.05, 4.69) is 45.1 Å². The third kappa shape index (κ3) is 66.6. The Morgan fingerprint density at radius 1 is 0.253 bits per heavy atom. The van der Waals surface area contributed by atoms with E-state index >= 15 is 0 Å². The highest BCUT2D eigenvalue weighted by atomic mass is 16.6. The third-order valence-corrected chi connectivity index (χ3v) is 16.5. The second-order valence-electron chi connectivity index (χ2n) is 24.5. The third-order valence-electron chi connectivity index (χ3n) is 16.5. The fourth-order valence-corrected chi connectivity index (χ4v) is 11.1. The van der Waals surface area contributed by atoms with Gasteiger partial charge in [-0.15, -0.1) is 0 Å². The number of rotatable bonds is 67. The lowest BCUT2D eigenvalue weighted by molar-refractivity contribution is -0.167. The molecule has 0 aliphatic carbocycles. The highest BCUT2D eigenvalue weighted by Gasteiger charge is 2.19. The molecule has 0 heterocycles. The van der Waals surface area contributed by atoms with Gasteiger partial charge in [-0.05, 0) is 51.4 Å². The molecule has 0 radical (unpaired) electrons. The largest absolute Gasteiger partial charge is 0.462 e. The quantitative estimate of drug-likeness (QED) is 0.0261. The van der Waals surface area contributed by atoms with E-state index in [1.165, 1.54) is 302 Å². The minimum atomic E-state index is -0.767. The second-order valence-corrected chi connectivity index (χ2v) is 24.5. The van der Waals surface area contributed by atoms with Gasteiger partial charge < -0.3 is 14.2 Å². The van der Waals surface area contributed by atoms with Crippen LogP contribution >= 0.6 is 0 Å². The first-order valence-corrected chi connectivity index (χ1v) is 35.8. The van der Waals surface area contributed by atoms with Gasteiger partial charge >= 0.3 is 17.9 Å². The lowest BCUT2D eigenvalue weighted by Crippen LogP contribution is -2.30. The summed E-state index contributed by atoms with van der Waals surface area (Å²) in [6.45, 7) is 6.70. The van der Waals surface area contributed by atoms with Crippen molar-refractivity contribution in [1.82, 2.24) is 0 Å². The van der Waals surface area contributed by atoms with E-state index < -0.39 is 6.10 Å². The number of unbranched alkanes of at least 4 members (excludes halogenated alkanes) is 52. The predicted octanol–water partition coefficient (Wildman–Crippen LogP) is 24.6. The standard InChI is InChI=1S/C73H138O6/c1-4-7-10-13-16-19-22-24-26-28-30-32-34-36-38-40-42-44-46-48-51-54-57-60-63-66-72(75)78-69-70(68-77-71(74)65-62-59-56-53-50-21-18-15-12-9-6-3)79-73(76)67-64-61-58-55-52-49-47-45-43-41-39-37-35-33-31-29-27-25-23-20-17-14-11-8-5-2/h22,24,28,30,70H,4-21,23,25-27,29,31-69H2,1-3H3/b24-22-,30-28-. The summed E-state index contributed by atoms with van der Waals surface area (Å²) in [5.74, 6) is -0.833. The number of hydrogen-bond acceptors (Lipinski definition) is 6. The van der Waals surface area contributed by atoms with Crippen LogP contribution in [0.4, 0.5) is 0 Å². The maximum Gasteiger partial charge on any atom is 0.306 e. The molecule has 0 bridgehead atoms. The summed E-state index contributed by atoms with van der Waals surface area (Å²) >= 11 is 0. The molecule has 6 heteroatoms. The first kappa shape index (κ1) is 76.9. The molecule has 0 spiro atoms. The van der Waals surface area contributed by atoms with E-state index in [0.29, 0.717) is 19.3 Å². The van der Waals surface area contributed by atoms with Crippen LogP contribution < -0.4 is 0 Å². The first-order valence-electron chi connectivity index (χ1n) is 35.8. The number of allylic oxidation sites excluding steroid dienone is 4. The highest BCUT2D eigenvalue weighted by molar-refractivity contribution is 5.71. The van der Waals surface area contributed by atoms with Gasteiger partial charge in [-0.3, -0.25) is 14.4 Å². The van der Waals surface area contributed by atoms with Gasteiger partial charge in [0.05, 0.1) is 0 Å². The van der Waals surface area contributed by atoms with Gasteiger partial charge in [-0.1, -0.05) is 360 Å². The fourth-order valence-electron chi connectivity index (χ4n) is 11.1. The number of esters is 3. The van der Waals surface area contributed by atoms with Crippen LogP contribution in [0.2, 0.25) is 0 Å². The predicted molar refractivity (Wildman–Crippen MR) is 344 cm³/mol. The Morgan fingerprint density at radius 2 is 0.456 bits per heavy atom. The molecular weight excluding hydrogens is 973 g/mol. The molecule has 466 valence electrons. The Balaban J connectivity index is 4.16.